The number of carbonyl (C=O) groups is 2. The molecule has 0 spiro atoms. The van der Waals surface area contributed by atoms with Crippen LogP contribution >= 0.6 is 0 Å². The number of hydrogen-bond acceptors (Lipinski definition) is 8. The van der Waals surface area contributed by atoms with Gasteiger partial charge in [0.05, 0.1) is 38.6 Å². The van der Waals surface area contributed by atoms with Crippen molar-refractivity contribution in [3.63, 3.8) is 0 Å². The fraction of sp³-hybridized carbons (Fsp3) is 0.414. The van der Waals surface area contributed by atoms with Gasteiger partial charge in [0.2, 0.25) is 5.75 Å². The maximum absolute atomic E-state index is 13.6. The van der Waals surface area contributed by atoms with Crippen LogP contribution < -0.4 is 14.2 Å². The molecule has 1 saturated heterocycles. The molecule has 1 atom stereocenters. The van der Waals surface area contributed by atoms with Gasteiger partial charge >= 0.3 is 0 Å². The van der Waals surface area contributed by atoms with Gasteiger partial charge in [-0.05, 0) is 62.8 Å². The van der Waals surface area contributed by atoms with E-state index in [1.807, 2.05) is 18.2 Å². The molecule has 1 aliphatic heterocycles. The van der Waals surface area contributed by atoms with E-state index in [9.17, 15) is 14.7 Å². The van der Waals surface area contributed by atoms with Crippen LogP contribution in [0.25, 0.3) is 11.4 Å². The van der Waals surface area contributed by atoms with Crippen molar-refractivity contribution in [1.82, 2.24) is 19.2 Å². The SMILES string of the molecule is CCN(CC)CCCN1C(=O)C(=O)C(=C(O)c2c(C)nc3ccccn23)C1c1cc(OC)c(OC)c(OC)c1. The van der Waals surface area contributed by atoms with Gasteiger partial charge in [-0.25, -0.2) is 4.98 Å². The zero-order valence-electron chi connectivity index (χ0n) is 23.4. The second-order valence-electron chi connectivity index (χ2n) is 9.31. The second-order valence-corrected chi connectivity index (χ2v) is 9.31. The van der Waals surface area contributed by atoms with Gasteiger partial charge in [-0.3, -0.25) is 14.0 Å². The Bertz CT molecular complexity index is 1380. The van der Waals surface area contributed by atoms with Gasteiger partial charge in [0.15, 0.2) is 17.3 Å². The van der Waals surface area contributed by atoms with Crippen molar-refractivity contribution in [2.45, 2.75) is 33.2 Å². The van der Waals surface area contributed by atoms with Gasteiger partial charge in [-0.1, -0.05) is 19.9 Å². The number of aromatic nitrogens is 2. The van der Waals surface area contributed by atoms with Crippen molar-refractivity contribution in [3.8, 4) is 17.2 Å². The number of Topliss-reactive ketones (excluding diaryl/α,β-unsaturated/α-hetero) is 1. The van der Waals surface area contributed by atoms with Gasteiger partial charge in [0.1, 0.15) is 11.3 Å². The van der Waals surface area contributed by atoms with Crippen molar-refractivity contribution in [3.05, 3.63) is 59.1 Å². The highest BCUT2D eigenvalue weighted by molar-refractivity contribution is 6.46. The van der Waals surface area contributed by atoms with Crippen molar-refractivity contribution >= 4 is 23.1 Å². The average Bonchev–Trinajstić information content (AvgIpc) is 3.42. The number of ether oxygens (including phenoxy) is 3. The first-order valence-corrected chi connectivity index (χ1v) is 13.1. The molecule has 1 fully saturated rings. The first-order chi connectivity index (χ1) is 18.8. The zero-order chi connectivity index (χ0) is 28.3. The molecule has 0 aliphatic carbocycles. The average molecular weight is 537 g/mol. The number of rotatable bonds is 11. The highest BCUT2D eigenvalue weighted by atomic mass is 16.5. The summed E-state index contributed by atoms with van der Waals surface area (Å²) in [4.78, 5) is 35.4. The summed E-state index contributed by atoms with van der Waals surface area (Å²) in [6.07, 6.45) is 2.42. The van der Waals surface area contributed by atoms with E-state index in [1.54, 1.807) is 29.7 Å². The molecule has 1 aliphatic rings. The molecule has 1 amide bonds. The van der Waals surface area contributed by atoms with E-state index in [1.165, 1.54) is 26.2 Å². The van der Waals surface area contributed by atoms with Crippen LogP contribution in [0.15, 0.2) is 42.1 Å². The van der Waals surface area contributed by atoms with Crippen LogP contribution in [0.2, 0.25) is 0 Å². The number of aryl methyl sites for hydroxylation is 1. The minimum Gasteiger partial charge on any atom is -0.505 e. The Morgan fingerprint density at radius 1 is 1.05 bits per heavy atom. The van der Waals surface area contributed by atoms with Crippen molar-refractivity contribution in [2.24, 2.45) is 0 Å². The molecule has 0 radical (unpaired) electrons. The molecule has 0 bridgehead atoms. The standard InChI is InChI=1S/C29H36N4O6/c1-7-31(8-2)13-11-15-33-25(19-16-20(37-4)28(39-6)21(17-19)38-5)23(27(35)29(33)36)26(34)24-18(3)30-22-12-9-10-14-32(22)24/h9-10,12,14,16-17,25,34H,7-8,11,13,15H2,1-6H3. The Kier molecular flexibility index (Phi) is 8.44. The third-order valence-corrected chi connectivity index (χ3v) is 7.24. The molecule has 4 rings (SSSR count). The molecule has 39 heavy (non-hydrogen) atoms. The number of benzene rings is 1. The molecule has 1 N–H and O–H groups in total. The van der Waals surface area contributed by atoms with Crippen LogP contribution in [0.5, 0.6) is 17.2 Å². The lowest BCUT2D eigenvalue weighted by Crippen LogP contribution is -2.33. The van der Waals surface area contributed by atoms with Crippen LogP contribution in [0.4, 0.5) is 0 Å². The predicted octanol–water partition coefficient (Wildman–Crippen LogP) is 3.82. The van der Waals surface area contributed by atoms with Gasteiger partial charge in [0.25, 0.3) is 11.7 Å². The Hall–Kier alpha value is -4.05. The number of carbonyl (C=O) groups excluding carboxylic acids is 2. The molecule has 2 aromatic heterocycles. The summed E-state index contributed by atoms with van der Waals surface area (Å²) >= 11 is 0. The number of aliphatic hydroxyl groups excluding tert-OH is 1. The van der Waals surface area contributed by atoms with Crippen LogP contribution in [-0.2, 0) is 9.59 Å². The Morgan fingerprint density at radius 3 is 2.31 bits per heavy atom. The predicted molar refractivity (Wildman–Crippen MR) is 147 cm³/mol. The quantitative estimate of drug-likeness (QED) is 0.224. The van der Waals surface area contributed by atoms with Crippen molar-refractivity contribution in [2.75, 3.05) is 47.5 Å². The maximum Gasteiger partial charge on any atom is 0.295 e. The summed E-state index contributed by atoms with van der Waals surface area (Å²) < 4.78 is 18.3. The lowest BCUT2D eigenvalue weighted by Gasteiger charge is -2.27. The van der Waals surface area contributed by atoms with Crippen LogP contribution in [0, 0.1) is 6.92 Å². The topological polar surface area (TPSA) is 106 Å². The number of ketones is 1. The first-order valence-electron chi connectivity index (χ1n) is 13.1. The highest BCUT2D eigenvalue weighted by Gasteiger charge is 2.47. The monoisotopic (exact) mass is 536 g/mol. The molecule has 1 aromatic carbocycles. The third kappa shape index (κ3) is 5.04. The van der Waals surface area contributed by atoms with Crippen LogP contribution in [-0.4, -0.2) is 83.5 Å². The van der Waals surface area contributed by atoms with Crippen molar-refractivity contribution < 1.29 is 28.9 Å². The number of nitrogens with zero attached hydrogens (tertiary/aromatic N) is 4. The summed E-state index contributed by atoms with van der Waals surface area (Å²) in [5.41, 5.74) is 2.07. The van der Waals surface area contributed by atoms with E-state index in [-0.39, 0.29) is 11.3 Å². The van der Waals surface area contributed by atoms with Gasteiger partial charge < -0.3 is 29.1 Å². The van der Waals surface area contributed by atoms with Crippen LogP contribution in [0.3, 0.4) is 0 Å². The van der Waals surface area contributed by atoms with Gasteiger partial charge in [0, 0.05) is 12.7 Å². The number of methoxy groups -OCH3 is 3. The summed E-state index contributed by atoms with van der Waals surface area (Å²) in [6.45, 7) is 8.80. The maximum atomic E-state index is 13.6. The van der Waals surface area contributed by atoms with Gasteiger partial charge in [-0.15, -0.1) is 0 Å². The minimum atomic E-state index is -0.871. The molecule has 3 aromatic rings. The normalized spacial score (nSPS) is 16.9. The number of likely N-dealkylation sites (tertiary alicyclic amines) is 1. The molecule has 208 valence electrons. The Balaban J connectivity index is 1.91. The van der Waals surface area contributed by atoms with E-state index in [0.717, 1.165) is 19.6 Å². The molecular weight excluding hydrogens is 500 g/mol. The van der Waals surface area contributed by atoms with Crippen molar-refractivity contribution in [1.29, 1.82) is 0 Å². The molecular formula is C29H36N4O6. The zero-order valence-corrected chi connectivity index (χ0v) is 23.4. The smallest absolute Gasteiger partial charge is 0.295 e. The van der Waals surface area contributed by atoms with E-state index < -0.39 is 17.7 Å². The second kappa shape index (κ2) is 11.8. The Morgan fingerprint density at radius 2 is 1.72 bits per heavy atom. The number of amides is 1. The fourth-order valence-corrected chi connectivity index (χ4v) is 5.25. The fourth-order valence-electron chi connectivity index (χ4n) is 5.25. The number of fused-ring (bicyclic) bond motifs is 1. The first kappa shape index (κ1) is 28.0. The molecule has 0 saturated carbocycles. The van der Waals surface area contributed by atoms with Gasteiger partial charge in [-0.2, -0.15) is 0 Å². The number of imidazole rings is 1. The Labute approximate surface area is 228 Å². The number of hydrogen-bond donors (Lipinski definition) is 1. The third-order valence-electron chi connectivity index (χ3n) is 7.24. The van der Waals surface area contributed by atoms with E-state index in [0.29, 0.717) is 52.8 Å². The highest BCUT2D eigenvalue weighted by Crippen LogP contribution is 2.46. The lowest BCUT2D eigenvalue weighted by atomic mass is 9.95. The summed E-state index contributed by atoms with van der Waals surface area (Å²) in [5.74, 6) is -0.548. The number of aliphatic hydroxyl groups is 1. The number of pyridine rings is 1. The minimum absolute atomic E-state index is 0.00846. The van der Waals surface area contributed by atoms with E-state index in [4.69, 9.17) is 14.2 Å². The summed E-state index contributed by atoms with van der Waals surface area (Å²) in [6, 6.07) is 8.02. The van der Waals surface area contributed by atoms with E-state index in [2.05, 4.69) is 23.7 Å². The summed E-state index contributed by atoms with van der Waals surface area (Å²) in [5, 5.41) is 11.7. The molecule has 3 heterocycles. The molecule has 1 unspecified atom stereocenters. The molecule has 10 nitrogen and oxygen atoms in total. The largest absolute Gasteiger partial charge is 0.505 e. The molecule has 10 heteroatoms. The lowest BCUT2D eigenvalue weighted by molar-refractivity contribution is -0.140. The van der Waals surface area contributed by atoms with E-state index >= 15 is 0 Å². The van der Waals surface area contributed by atoms with Crippen LogP contribution in [0.1, 0.15) is 43.3 Å². The summed E-state index contributed by atoms with van der Waals surface area (Å²) in [7, 11) is 4.51.